The molecular formula is C12H14ClN. The topological polar surface area (TPSA) is 12.0 Å². The molecule has 0 aliphatic heterocycles. The lowest BCUT2D eigenvalue weighted by Gasteiger charge is -1.99. The molecule has 0 spiro atoms. The molecule has 0 bridgehead atoms. The van der Waals surface area contributed by atoms with E-state index >= 15 is 0 Å². The quantitative estimate of drug-likeness (QED) is 0.581. The van der Waals surface area contributed by atoms with Crippen LogP contribution in [0.25, 0.3) is 0 Å². The Kier molecular flexibility index (Phi) is 4.52. The molecule has 1 aromatic rings. The third-order valence-electron chi connectivity index (χ3n) is 1.94. The van der Waals surface area contributed by atoms with Crippen LogP contribution in [0.5, 0.6) is 0 Å². The van der Waals surface area contributed by atoms with E-state index in [1.165, 1.54) is 0 Å². The lowest BCUT2D eigenvalue weighted by Crippen LogP contribution is -2.05. The van der Waals surface area contributed by atoms with Gasteiger partial charge in [-0.1, -0.05) is 35.6 Å². The van der Waals surface area contributed by atoms with Crippen LogP contribution in [0.2, 0.25) is 5.02 Å². The van der Waals surface area contributed by atoms with Gasteiger partial charge in [0.15, 0.2) is 0 Å². The molecule has 2 heteroatoms. The smallest absolute Gasteiger partial charge is 0.0565 e. The highest BCUT2D eigenvalue weighted by molar-refractivity contribution is 6.31. The maximum atomic E-state index is 6.02. The molecule has 1 N–H and O–H groups in total. The van der Waals surface area contributed by atoms with E-state index in [0.717, 1.165) is 29.1 Å². The zero-order valence-electron chi connectivity index (χ0n) is 8.52. The van der Waals surface area contributed by atoms with Crippen molar-refractivity contribution in [3.63, 3.8) is 0 Å². The monoisotopic (exact) mass is 207 g/mol. The SMILES string of the molecule is CNCCC#Cc1c(C)cccc1Cl. The van der Waals surface area contributed by atoms with Crippen LogP contribution in [0.4, 0.5) is 0 Å². The Morgan fingerprint density at radius 1 is 1.43 bits per heavy atom. The van der Waals surface area contributed by atoms with Crippen LogP contribution in [0, 0.1) is 18.8 Å². The van der Waals surface area contributed by atoms with E-state index < -0.39 is 0 Å². The molecule has 0 aliphatic carbocycles. The molecular weight excluding hydrogens is 194 g/mol. The lowest BCUT2D eigenvalue weighted by molar-refractivity contribution is 0.818. The minimum Gasteiger partial charge on any atom is -0.319 e. The Morgan fingerprint density at radius 2 is 2.21 bits per heavy atom. The molecule has 14 heavy (non-hydrogen) atoms. The predicted molar refractivity (Wildman–Crippen MR) is 61.6 cm³/mol. The van der Waals surface area contributed by atoms with Crippen LogP contribution in [0.3, 0.4) is 0 Å². The zero-order chi connectivity index (χ0) is 10.4. The summed E-state index contributed by atoms with van der Waals surface area (Å²) in [5.41, 5.74) is 2.08. The van der Waals surface area contributed by atoms with Crippen LogP contribution < -0.4 is 5.32 Å². The molecule has 0 heterocycles. The Hall–Kier alpha value is -0.970. The molecule has 0 aromatic heterocycles. The molecule has 1 rings (SSSR count). The fraction of sp³-hybridized carbons (Fsp3) is 0.333. The van der Waals surface area contributed by atoms with Crippen molar-refractivity contribution in [3.8, 4) is 11.8 Å². The normalized spacial score (nSPS) is 9.36. The minimum absolute atomic E-state index is 0.738. The molecule has 0 aliphatic rings. The first-order valence-electron chi connectivity index (χ1n) is 4.64. The second-order valence-electron chi connectivity index (χ2n) is 3.09. The van der Waals surface area contributed by atoms with Crippen molar-refractivity contribution in [1.29, 1.82) is 0 Å². The summed E-state index contributed by atoms with van der Waals surface area (Å²) in [5.74, 6) is 6.18. The number of benzene rings is 1. The van der Waals surface area contributed by atoms with Crippen molar-refractivity contribution >= 4 is 11.6 Å². The predicted octanol–water partition coefficient (Wildman–Crippen LogP) is 2.61. The summed E-state index contributed by atoms with van der Waals surface area (Å²) < 4.78 is 0. The summed E-state index contributed by atoms with van der Waals surface area (Å²) in [6, 6.07) is 5.83. The summed E-state index contributed by atoms with van der Waals surface area (Å²) in [6.45, 7) is 2.93. The van der Waals surface area contributed by atoms with E-state index in [9.17, 15) is 0 Å². The first-order valence-corrected chi connectivity index (χ1v) is 5.02. The highest BCUT2D eigenvalue weighted by Gasteiger charge is 1.98. The Balaban J connectivity index is 2.78. The summed E-state index contributed by atoms with van der Waals surface area (Å²) in [6.07, 6.45) is 0.848. The molecule has 0 radical (unpaired) electrons. The van der Waals surface area contributed by atoms with Crippen molar-refractivity contribution in [3.05, 3.63) is 34.3 Å². The van der Waals surface area contributed by atoms with Gasteiger partial charge in [-0.2, -0.15) is 0 Å². The standard InChI is InChI=1S/C12H14ClN/c1-10-6-5-8-12(13)11(10)7-3-4-9-14-2/h5-6,8,14H,4,9H2,1-2H3. The van der Waals surface area contributed by atoms with Crippen LogP contribution >= 0.6 is 11.6 Å². The Morgan fingerprint density at radius 3 is 2.86 bits per heavy atom. The zero-order valence-corrected chi connectivity index (χ0v) is 9.28. The van der Waals surface area contributed by atoms with E-state index in [4.69, 9.17) is 11.6 Å². The van der Waals surface area contributed by atoms with Gasteiger partial charge in [-0.15, -0.1) is 0 Å². The summed E-state index contributed by atoms with van der Waals surface area (Å²) in [7, 11) is 1.92. The van der Waals surface area contributed by atoms with Gasteiger partial charge in [0.2, 0.25) is 0 Å². The number of rotatable bonds is 2. The Labute approximate surface area is 90.5 Å². The average molecular weight is 208 g/mol. The van der Waals surface area contributed by atoms with Crippen LogP contribution in [-0.2, 0) is 0 Å². The summed E-state index contributed by atoms with van der Waals surface area (Å²) in [5, 5.41) is 3.79. The fourth-order valence-corrected chi connectivity index (χ4v) is 1.40. The molecule has 1 nitrogen and oxygen atoms in total. The molecule has 0 unspecified atom stereocenters. The first-order chi connectivity index (χ1) is 6.75. The van der Waals surface area contributed by atoms with Gasteiger partial charge < -0.3 is 5.32 Å². The van der Waals surface area contributed by atoms with Crippen molar-refractivity contribution in [2.45, 2.75) is 13.3 Å². The lowest BCUT2D eigenvalue weighted by atomic mass is 10.1. The van der Waals surface area contributed by atoms with E-state index in [-0.39, 0.29) is 0 Å². The van der Waals surface area contributed by atoms with Gasteiger partial charge in [0.25, 0.3) is 0 Å². The largest absolute Gasteiger partial charge is 0.319 e. The summed E-state index contributed by atoms with van der Waals surface area (Å²) >= 11 is 6.02. The minimum atomic E-state index is 0.738. The third-order valence-corrected chi connectivity index (χ3v) is 2.25. The first kappa shape index (κ1) is 11.1. The molecule has 1 aromatic carbocycles. The fourth-order valence-electron chi connectivity index (χ4n) is 1.13. The van der Waals surface area contributed by atoms with Gasteiger partial charge in [-0.3, -0.25) is 0 Å². The van der Waals surface area contributed by atoms with Crippen LogP contribution in [0.1, 0.15) is 17.5 Å². The van der Waals surface area contributed by atoms with Gasteiger partial charge in [-0.25, -0.2) is 0 Å². The van der Waals surface area contributed by atoms with Crippen molar-refractivity contribution in [2.24, 2.45) is 0 Å². The van der Waals surface area contributed by atoms with Gasteiger partial charge in [0.05, 0.1) is 5.02 Å². The van der Waals surface area contributed by atoms with Crippen LogP contribution in [0.15, 0.2) is 18.2 Å². The number of halogens is 1. The van der Waals surface area contributed by atoms with E-state index in [1.807, 2.05) is 32.2 Å². The number of hydrogen-bond donors (Lipinski definition) is 1. The highest BCUT2D eigenvalue weighted by atomic mass is 35.5. The molecule has 74 valence electrons. The maximum Gasteiger partial charge on any atom is 0.0565 e. The molecule has 0 atom stereocenters. The van der Waals surface area contributed by atoms with Gasteiger partial charge in [-0.05, 0) is 25.6 Å². The second kappa shape index (κ2) is 5.70. The number of nitrogens with one attached hydrogen (secondary N) is 1. The molecule has 0 fully saturated rings. The number of hydrogen-bond acceptors (Lipinski definition) is 1. The summed E-state index contributed by atoms with van der Waals surface area (Å²) in [4.78, 5) is 0. The van der Waals surface area contributed by atoms with Crippen LogP contribution in [-0.4, -0.2) is 13.6 Å². The highest BCUT2D eigenvalue weighted by Crippen LogP contribution is 2.17. The Bertz CT molecular complexity index is 340. The van der Waals surface area contributed by atoms with Crippen molar-refractivity contribution < 1.29 is 0 Å². The second-order valence-corrected chi connectivity index (χ2v) is 3.49. The van der Waals surface area contributed by atoms with Crippen molar-refractivity contribution in [1.82, 2.24) is 5.32 Å². The van der Waals surface area contributed by atoms with Gasteiger partial charge >= 0.3 is 0 Å². The molecule has 0 amide bonds. The van der Waals surface area contributed by atoms with Gasteiger partial charge in [0, 0.05) is 18.5 Å². The van der Waals surface area contributed by atoms with E-state index in [1.54, 1.807) is 0 Å². The maximum absolute atomic E-state index is 6.02. The van der Waals surface area contributed by atoms with Crippen molar-refractivity contribution in [2.75, 3.05) is 13.6 Å². The average Bonchev–Trinajstić information content (AvgIpc) is 2.16. The van der Waals surface area contributed by atoms with E-state index in [2.05, 4.69) is 17.2 Å². The van der Waals surface area contributed by atoms with E-state index in [0.29, 0.717) is 0 Å². The van der Waals surface area contributed by atoms with Gasteiger partial charge in [0.1, 0.15) is 0 Å². The third kappa shape index (κ3) is 3.06. The molecule has 0 saturated heterocycles. The molecule has 0 saturated carbocycles. The number of aryl methyl sites for hydroxylation is 1.